The molecule has 0 spiro atoms. The molecule has 0 aromatic carbocycles. The van der Waals surface area contributed by atoms with E-state index in [4.69, 9.17) is 22.1 Å². The summed E-state index contributed by atoms with van der Waals surface area (Å²) >= 11 is 5.85. The van der Waals surface area contributed by atoms with Crippen LogP contribution in [-0.4, -0.2) is 19.9 Å². The van der Waals surface area contributed by atoms with Crippen LogP contribution in [0.2, 0.25) is 0 Å². The van der Waals surface area contributed by atoms with Crippen molar-refractivity contribution in [2.24, 2.45) is 16.1 Å². The smallest absolute Gasteiger partial charge is 0.170 e. The fourth-order valence-corrected chi connectivity index (χ4v) is 1.35. The zero-order valence-electron chi connectivity index (χ0n) is 11.4. The Morgan fingerprint density at radius 1 is 1.53 bits per heavy atom. The summed E-state index contributed by atoms with van der Waals surface area (Å²) in [7, 11) is 1.55. The van der Waals surface area contributed by atoms with Crippen LogP contribution < -0.4 is 5.73 Å². The maximum atomic E-state index is 6.11. The minimum absolute atomic E-state index is 0.0759. The molecule has 0 aromatic rings. The maximum Gasteiger partial charge on any atom is 0.170 e. The van der Waals surface area contributed by atoms with Gasteiger partial charge < -0.3 is 10.5 Å². The molecule has 98 valence electrons. The molecule has 1 atom stereocenters. The number of hydrogen-bond acceptors (Lipinski definition) is 3. The van der Waals surface area contributed by atoms with E-state index in [2.05, 4.69) is 32.5 Å². The van der Waals surface area contributed by atoms with Gasteiger partial charge in [0.05, 0.1) is 7.11 Å². The van der Waals surface area contributed by atoms with Crippen LogP contribution in [0.4, 0.5) is 0 Å². The summed E-state index contributed by atoms with van der Waals surface area (Å²) in [4.78, 5) is 3.63. The average molecular weight is 259 g/mol. The number of rotatable bonds is 5. The summed E-state index contributed by atoms with van der Waals surface area (Å²) in [6.45, 7) is 11.7. The Bertz CT molecular complexity index is 327. The van der Waals surface area contributed by atoms with Crippen molar-refractivity contribution in [3.05, 3.63) is 22.6 Å². The van der Waals surface area contributed by atoms with Crippen molar-refractivity contribution >= 4 is 18.3 Å². The summed E-state index contributed by atoms with van der Waals surface area (Å²) in [5.74, 6) is 0.514. The third-order valence-electron chi connectivity index (χ3n) is 2.59. The molecule has 0 heterocycles. The number of halogens is 1. The van der Waals surface area contributed by atoms with Gasteiger partial charge in [-0.3, -0.25) is 0 Å². The van der Waals surface area contributed by atoms with Gasteiger partial charge in [-0.1, -0.05) is 37.9 Å². The first kappa shape index (κ1) is 16.2. The van der Waals surface area contributed by atoms with Crippen molar-refractivity contribution < 1.29 is 4.74 Å². The fraction of sp³-hybridized carbons (Fsp3) is 0.615. The third kappa shape index (κ3) is 5.89. The van der Waals surface area contributed by atoms with Gasteiger partial charge in [0.25, 0.3) is 0 Å². The Kier molecular flexibility index (Phi) is 6.50. The first-order valence-electron chi connectivity index (χ1n) is 5.55. The van der Waals surface area contributed by atoms with Crippen LogP contribution in [-0.2, 0) is 4.74 Å². The van der Waals surface area contributed by atoms with Gasteiger partial charge >= 0.3 is 0 Å². The van der Waals surface area contributed by atoms with E-state index < -0.39 is 0 Å². The molecule has 0 amide bonds. The Hall–Kier alpha value is -0.800. The molecule has 2 N–H and O–H groups in total. The van der Waals surface area contributed by atoms with Crippen LogP contribution in [0.1, 0.15) is 34.1 Å². The molecule has 4 heteroatoms. The monoisotopic (exact) mass is 258 g/mol. The molecule has 0 saturated heterocycles. The number of methoxy groups -OCH3 is 1. The zero-order chi connectivity index (χ0) is 13.6. The average Bonchev–Trinajstić information content (AvgIpc) is 2.23. The minimum atomic E-state index is 0.0759. The highest BCUT2D eigenvalue weighted by Crippen LogP contribution is 2.24. The molecule has 0 rings (SSSR count). The van der Waals surface area contributed by atoms with E-state index in [1.807, 2.05) is 13.0 Å². The van der Waals surface area contributed by atoms with Crippen LogP contribution in [0.5, 0.6) is 0 Å². The topological polar surface area (TPSA) is 47.6 Å². The first-order valence-corrected chi connectivity index (χ1v) is 5.93. The fourth-order valence-electron chi connectivity index (χ4n) is 1.22. The van der Waals surface area contributed by atoms with Gasteiger partial charge in [0, 0.05) is 6.04 Å². The Morgan fingerprint density at radius 3 is 2.41 bits per heavy atom. The molecule has 0 aliphatic heterocycles. The van der Waals surface area contributed by atoms with Crippen molar-refractivity contribution in [1.29, 1.82) is 0 Å². The second-order valence-electron chi connectivity index (χ2n) is 5.18. The van der Waals surface area contributed by atoms with Gasteiger partial charge in [0.15, 0.2) is 10.9 Å². The Morgan fingerprint density at radius 2 is 2.06 bits per heavy atom. The van der Waals surface area contributed by atoms with E-state index in [0.717, 1.165) is 12.0 Å². The molecule has 0 radical (unpaired) electrons. The lowest BCUT2D eigenvalue weighted by atomic mass is 9.84. The molecule has 0 aliphatic rings. The largest absolute Gasteiger partial charge is 0.494 e. The highest BCUT2D eigenvalue weighted by molar-refractivity contribution is 6.30. The lowest BCUT2D eigenvalue weighted by Gasteiger charge is -2.27. The number of ether oxygens (including phenoxy) is 1. The maximum absolute atomic E-state index is 6.11. The summed E-state index contributed by atoms with van der Waals surface area (Å²) < 4.78 is 5.14. The number of nitrogens with two attached hydrogens (primary N) is 1. The molecule has 0 bridgehead atoms. The van der Waals surface area contributed by atoms with Crippen molar-refractivity contribution in [1.82, 2.24) is 0 Å². The second kappa shape index (κ2) is 6.82. The molecule has 0 fully saturated rings. The summed E-state index contributed by atoms with van der Waals surface area (Å²) in [6, 6.07) is 0.0901. The predicted octanol–water partition coefficient (Wildman–Crippen LogP) is 3.45. The van der Waals surface area contributed by atoms with E-state index in [0.29, 0.717) is 5.76 Å². The molecule has 1 unspecified atom stereocenters. The molecule has 0 aliphatic carbocycles. The Balaban J connectivity index is 4.82. The normalized spacial score (nSPS) is 16.3. The minimum Gasteiger partial charge on any atom is -0.494 e. The SMILES string of the molecule is C=N/C(Cl)=C(\C=C(/C)CC(N)C(C)(C)C)OC. The standard InChI is InChI=1S/C13H23ClN2O/c1-9(8-11(15)13(2,3)4)7-10(17-6)12(14)16-5/h7,11H,5,8,15H2,1-4,6H3/b9-7+,12-10+. The van der Waals surface area contributed by atoms with Gasteiger partial charge in [0.1, 0.15) is 0 Å². The number of aliphatic imine (C=N–C) groups is 1. The van der Waals surface area contributed by atoms with Crippen molar-refractivity contribution in [2.75, 3.05) is 7.11 Å². The van der Waals surface area contributed by atoms with E-state index in [9.17, 15) is 0 Å². The predicted molar refractivity (Wildman–Crippen MR) is 75.2 cm³/mol. The summed E-state index contributed by atoms with van der Waals surface area (Å²) in [6.07, 6.45) is 2.64. The highest BCUT2D eigenvalue weighted by Gasteiger charge is 2.20. The molecular formula is C13H23ClN2O. The van der Waals surface area contributed by atoms with Gasteiger partial charge in [0.2, 0.25) is 0 Å². The summed E-state index contributed by atoms with van der Waals surface area (Å²) in [5, 5.41) is 0.260. The first-order chi connectivity index (χ1) is 7.72. The molecule has 0 saturated carbocycles. The number of hydrogen-bond donors (Lipinski definition) is 1. The Labute approximate surface area is 109 Å². The van der Waals surface area contributed by atoms with E-state index >= 15 is 0 Å². The molecule has 0 aromatic heterocycles. The zero-order valence-corrected chi connectivity index (χ0v) is 12.1. The lowest BCUT2D eigenvalue weighted by Crippen LogP contribution is -2.35. The molecule has 17 heavy (non-hydrogen) atoms. The van der Waals surface area contributed by atoms with Gasteiger partial charge in [-0.25, -0.2) is 4.99 Å². The van der Waals surface area contributed by atoms with Crippen LogP contribution in [0, 0.1) is 5.41 Å². The van der Waals surface area contributed by atoms with E-state index in [-0.39, 0.29) is 16.6 Å². The highest BCUT2D eigenvalue weighted by atomic mass is 35.5. The van der Waals surface area contributed by atoms with E-state index in [1.54, 1.807) is 7.11 Å². The van der Waals surface area contributed by atoms with Gasteiger partial charge in [-0.05, 0) is 31.6 Å². The lowest BCUT2D eigenvalue weighted by molar-refractivity contribution is 0.301. The molecule has 3 nitrogen and oxygen atoms in total. The second-order valence-corrected chi connectivity index (χ2v) is 5.54. The van der Waals surface area contributed by atoms with Crippen LogP contribution in [0.15, 0.2) is 27.6 Å². The van der Waals surface area contributed by atoms with Crippen molar-refractivity contribution in [2.45, 2.75) is 40.2 Å². The quantitative estimate of drug-likeness (QED) is 0.355. The summed E-state index contributed by atoms with van der Waals surface area (Å²) in [5.41, 5.74) is 7.29. The van der Waals surface area contributed by atoms with Crippen molar-refractivity contribution in [3.8, 4) is 0 Å². The van der Waals surface area contributed by atoms with Crippen molar-refractivity contribution in [3.63, 3.8) is 0 Å². The molecular weight excluding hydrogens is 236 g/mol. The number of nitrogens with zero attached hydrogens (tertiary/aromatic N) is 1. The van der Waals surface area contributed by atoms with Crippen LogP contribution in [0.25, 0.3) is 0 Å². The number of allylic oxidation sites excluding steroid dienone is 1. The van der Waals surface area contributed by atoms with Gasteiger partial charge in [-0.2, -0.15) is 0 Å². The van der Waals surface area contributed by atoms with Gasteiger partial charge in [-0.15, -0.1) is 0 Å². The third-order valence-corrected chi connectivity index (χ3v) is 2.90. The van der Waals surface area contributed by atoms with Crippen LogP contribution in [0.3, 0.4) is 0 Å². The van der Waals surface area contributed by atoms with Crippen LogP contribution >= 0.6 is 11.6 Å². The van der Waals surface area contributed by atoms with E-state index in [1.165, 1.54) is 0 Å².